The molecule has 78 valence electrons. The molecule has 7 heteroatoms. The fourth-order valence-electron chi connectivity index (χ4n) is 1.46. The van der Waals surface area contributed by atoms with Crippen LogP contribution < -0.4 is 5.46 Å². The lowest BCUT2D eigenvalue weighted by molar-refractivity contribution is 0.426. The van der Waals surface area contributed by atoms with Crippen molar-refractivity contribution in [2.45, 2.75) is 0 Å². The summed E-state index contributed by atoms with van der Waals surface area (Å²) in [7, 11) is 0.0532. The standard InChI is InChI=1S/C8H6BBrINO2S/c10-5-1-2-8-6(3-5)7(9(13)14)4-12(8)15-11/h1-4,13-14H. The molecule has 0 unspecified atom stereocenters. The summed E-state index contributed by atoms with van der Waals surface area (Å²) in [6.07, 6.45) is 1.74. The van der Waals surface area contributed by atoms with Crippen molar-refractivity contribution < 1.29 is 10.0 Å². The molecule has 0 spiro atoms. The van der Waals surface area contributed by atoms with Crippen molar-refractivity contribution >= 4 is 69.7 Å². The summed E-state index contributed by atoms with van der Waals surface area (Å²) in [5.41, 5.74) is 1.50. The zero-order chi connectivity index (χ0) is 11.0. The van der Waals surface area contributed by atoms with Crippen LogP contribution in [0.1, 0.15) is 0 Å². The monoisotopic (exact) mass is 397 g/mol. The largest absolute Gasteiger partial charge is 0.490 e. The van der Waals surface area contributed by atoms with Gasteiger partial charge in [-0.05, 0) is 18.2 Å². The number of halogens is 2. The summed E-state index contributed by atoms with van der Waals surface area (Å²) in [6, 6.07) is 5.75. The molecule has 0 aliphatic rings. The van der Waals surface area contributed by atoms with Crippen molar-refractivity contribution in [2.75, 3.05) is 0 Å². The minimum Gasteiger partial charge on any atom is -0.423 e. The maximum atomic E-state index is 9.24. The molecule has 0 amide bonds. The Balaban J connectivity index is 2.76. The van der Waals surface area contributed by atoms with Crippen LogP contribution in [0.3, 0.4) is 0 Å². The first-order chi connectivity index (χ1) is 7.13. The highest BCUT2D eigenvalue weighted by Crippen LogP contribution is 2.26. The van der Waals surface area contributed by atoms with Gasteiger partial charge in [-0.15, -0.1) is 0 Å². The molecular formula is C8H6BBrINO2S. The number of fused-ring (bicyclic) bond motifs is 1. The summed E-state index contributed by atoms with van der Waals surface area (Å²) in [5.74, 6) is 0. The van der Waals surface area contributed by atoms with Gasteiger partial charge in [0.25, 0.3) is 0 Å². The first kappa shape index (κ1) is 11.8. The van der Waals surface area contributed by atoms with Crippen molar-refractivity contribution in [2.24, 2.45) is 0 Å². The van der Waals surface area contributed by atoms with E-state index in [0.29, 0.717) is 5.46 Å². The van der Waals surface area contributed by atoms with Crippen LogP contribution in [-0.2, 0) is 0 Å². The lowest BCUT2D eigenvalue weighted by atomic mass is 9.80. The minimum atomic E-state index is -1.44. The zero-order valence-electron chi connectivity index (χ0n) is 7.39. The van der Waals surface area contributed by atoms with E-state index >= 15 is 0 Å². The smallest absolute Gasteiger partial charge is 0.423 e. The van der Waals surface area contributed by atoms with E-state index in [1.807, 2.05) is 22.2 Å². The summed E-state index contributed by atoms with van der Waals surface area (Å²) < 4.78 is 2.82. The maximum absolute atomic E-state index is 9.24. The van der Waals surface area contributed by atoms with Crippen LogP contribution in [0.4, 0.5) is 0 Å². The van der Waals surface area contributed by atoms with E-state index in [1.54, 1.807) is 6.20 Å². The fraction of sp³-hybridized carbons (Fsp3) is 0. The third-order valence-electron chi connectivity index (χ3n) is 2.12. The number of benzene rings is 1. The maximum Gasteiger partial charge on any atom is 0.490 e. The van der Waals surface area contributed by atoms with Crippen LogP contribution in [0.5, 0.6) is 0 Å². The van der Waals surface area contributed by atoms with Crippen molar-refractivity contribution in [1.29, 1.82) is 0 Å². The van der Waals surface area contributed by atoms with E-state index in [1.165, 1.54) is 9.12 Å². The number of nitrogens with zero attached hydrogens (tertiary/aromatic N) is 1. The minimum absolute atomic E-state index is 0.524. The quantitative estimate of drug-likeness (QED) is 0.601. The third-order valence-corrected chi connectivity index (χ3v) is 4.33. The Labute approximate surface area is 112 Å². The summed E-state index contributed by atoms with van der Waals surface area (Å²) in [4.78, 5) is 0. The van der Waals surface area contributed by atoms with Crippen LogP contribution >= 0.6 is 46.3 Å². The van der Waals surface area contributed by atoms with Gasteiger partial charge in [-0.3, -0.25) is 3.97 Å². The molecule has 1 aromatic heterocycles. The Morgan fingerprint density at radius 1 is 1.40 bits per heavy atom. The molecule has 2 rings (SSSR count). The van der Waals surface area contributed by atoms with Crippen LogP contribution in [0.25, 0.3) is 10.9 Å². The molecule has 15 heavy (non-hydrogen) atoms. The molecule has 0 fully saturated rings. The SMILES string of the molecule is OB(O)c1cn(SI)c2ccc(Br)cc12. The van der Waals surface area contributed by atoms with Gasteiger partial charge in [0.1, 0.15) is 0 Å². The van der Waals surface area contributed by atoms with Crippen LogP contribution in [-0.4, -0.2) is 21.1 Å². The molecule has 2 N–H and O–H groups in total. The van der Waals surface area contributed by atoms with Gasteiger partial charge in [-0.2, -0.15) is 0 Å². The predicted molar refractivity (Wildman–Crippen MR) is 76.5 cm³/mol. The first-order valence-corrected chi connectivity index (χ1v) is 8.20. The normalized spacial score (nSPS) is 10.9. The van der Waals surface area contributed by atoms with Crippen molar-refractivity contribution in [1.82, 2.24) is 3.97 Å². The van der Waals surface area contributed by atoms with Gasteiger partial charge in [-0.1, -0.05) is 15.9 Å². The van der Waals surface area contributed by atoms with Gasteiger partial charge >= 0.3 is 7.12 Å². The second-order valence-electron chi connectivity index (χ2n) is 3.01. The molecule has 0 atom stereocenters. The lowest BCUT2D eigenvalue weighted by Gasteiger charge is -1.98. The molecule has 2 aromatic rings. The predicted octanol–water partition coefficient (Wildman–Crippen LogP) is 1.93. The molecule has 3 nitrogen and oxygen atoms in total. The van der Waals surface area contributed by atoms with Gasteiger partial charge in [0.05, 0.1) is 5.52 Å². The Hall–Kier alpha value is 0.305. The highest BCUT2D eigenvalue weighted by Gasteiger charge is 2.18. The van der Waals surface area contributed by atoms with E-state index in [9.17, 15) is 10.0 Å². The molecule has 0 aliphatic heterocycles. The van der Waals surface area contributed by atoms with E-state index in [4.69, 9.17) is 0 Å². The highest BCUT2D eigenvalue weighted by molar-refractivity contribution is 14.2. The number of aromatic nitrogens is 1. The molecular weight excluding hydrogens is 392 g/mol. The van der Waals surface area contributed by atoms with Gasteiger partial charge in [0, 0.05) is 51.8 Å². The van der Waals surface area contributed by atoms with E-state index in [0.717, 1.165) is 15.4 Å². The number of hydrogen-bond acceptors (Lipinski definition) is 3. The van der Waals surface area contributed by atoms with Gasteiger partial charge in [0.15, 0.2) is 0 Å². The molecule has 0 radical (unpaired) electrons. The van der Waals surface area contributed by atoms with Gasteiger partial charge in [0.2, 0.25) is 0 Å². The topological polar surface area (TPSA) is 45.4 Å². The van der Waals surface area contributed by atoms with Crippen LogP contribution in [0.15, 0.2) is 28.9 Å². The molecule has 0 saturated heterocycles. The van der Waals surface area contributed by atoms with Crippen molar-refractivity contribution in [3.05, 3.63) is 28.9 Å². The fourth-order valence-corrected chi connectivity index (χ4v) is 3.19. The summed E-state index contributed by atoms with van der Waals surface area (Å²) in [5, 5.41) is 19.3. The molecule has 1 aromatic carbocycles. The Bertz CT molecular complexity index is 505. The zero-order valence-corrected chi connectivity index (χ0v) is 12.0. The van der Waals surface area contributed by atoms with Gasteiger partial charge in [-0.25, -0.2) is 0 Å². The second kappa shape index (κ2) is 4.66. The van der Waals surface area contributed by atoms with E-state index < -0.39 is 7.12 Å². The average Bonchev–Trinajstić information content (AvgIpc) is 2.55. The molecule has 1 heterocycles. The number of hydrogen-bond donors (Lipinski definition) is 2. The van der Waals surface area contributed by atoms with E-state index in [2.05, 4.69) is 37.1 Å². The highest BCUT2D eigenvalue weighted by atomic mass is 127. The molecule has 0 aliphatic carbocycles. The molecule has 0 saturated carbocycles. The Kier molecular flexibility index (Phi) is 3.66. The first-order valence-electron chi connectivity index (χ1n) is 4.09. The summed E-state index contributed by atoms with van der Waals surface area (Å²) >= 11 is 5.52. The van der Waals surface area contributed by atoms with Gasteiger partial charge < -0.3 is 10.0 Å². The Morgan fingerprint density at radius 2 is 2.13 bits per heavy atom. The molecule has 0 bridgehead atoms. The van der Waals surface area contributed by atoms with Crippen LogP contribution in [0.2, 0.25) is 0 Å². The summed E-state index contributed by atoms with van der Waals surface area (Å²) in [6.45, 7) is 0. The Morgan fingerprint density at radius 3 is 2.73 bits per heavy atom. The van der Waals surface area contributed by atoms with Crippen molar-refractivity contribution in [3.8, 4) is 0 Å². The van der Waals surface area contributed by atoms with Crippen molar-refractivity contribution in [3.63, 3.8) is 0 Å². The second-order valence-corrected chi connectivity index (χ2v) is 5.64. The third kappa shape index (κ3) is 2.21. The average molecular weight is 398 g/mol. The number of rotatable bonds is 2. The van der Waals surface area contributed by atoms with Crippen LogP contribution in [0, 0.1) is 0 Å². The lowest BCUT2D eigenvalue weighted by Crippen LogP contribution is -2.29. The van der Waals surface area contributed by atoms with E-state index in [-0.39, 0.29) is 0 Å².